The summed E-state index contributed by atoms with van der Waals surface area (Å²) in [6, 6.07) is 18.7. The number of para-hydroxylation sites is 1. The summed E-state index contributed by atoms with van der Waals surface area (Å²) in [6.45, 7) is 3.64. The molecule has 12 nitrogen and oxygen atoms in total. The van der Waals surface area contributed by atoms with Crippen LogP contribution in [-0.2, 0) is 10.0 Å². The van der Waals surface area contributed by atoms with E-state index in [0.29, 0.717) is 22.6 Å². The van der Waals surface area contributed by atoms with Crippen LogP contribution in [0.25, 0.3) is 22.3 Å². The Labute approximate surface area is 256 Å². The lowest BCUT2D eigenvalue weighted by atomic mass is 10.1. The summed E-state index contributed by atoms with van der Waals surface area (Å²) in [6.07, 6.45) is 2.97. The fourth-order valence-corrected chi connectivity index (χ4v) is 6.08. The van der Waals surface area contributed by atoms with Gasteiger partial charge < -0.3 is 16.2 Å². The number of rotatable bonds is 8. The zero-order valence-corrected chi connectivity index (χ0v) is 24.8. The van der Waals surface area contributed by atoms with E-state index in [-0.39, 0.29) is 39.1 Å². The van der Waals surface area contributed by atoms with E-state index in [2.05, 4.69) is 20.0 Å². The molecule has 5 N–H and O–H groups in total. The maximum absolute atomic E-state index is 13.8. The van der Waals surface area contributed by atoms with E-state index in [1.54, 1.807) is 13.1 Å². The van der Waals surface area contributed by atoms with Gasteiger partial charge in [0.25, 0.3) is 15.6 Å². The topological polar surface area (TPSA) is 170 Å². The Bertz CT molecular complexity index is 2220. The van der Waals surface area contributed by atoms with Gasteiger partial charge >= 0.3 is 0 Å². The lowest BCUT2D eigenvalue weighted by Crippen LogP contribution is -2.29. The molecule has 0 saturated heterocycles. The molecule has 0 amide bonds. The second kappa shape index (κ2) is 11.4. The van der Waals surface area contributed by atoms with Crippen molar-refractivity contribution in [3.63, 3.8) is 0 Å². The van der Waals surface area contributed by atoms with Crippen LogP contribution in [0.1, 0.15) is 24.4 Å². The van der Waals surface area contributed by atoms with Crippen LogP contribution in [0.4, 0.5) is 21.7 Å². The van der Waals surface area contributed by atoms with Crippen LogP contribution in [0.15, 0.2) is 101 Å². The lowest BCUT2D eigenvalue weighted by molar-refractivity contribution is 0.476. The number of nitrogens with one attached hydrogen (secondary N) is 2. The number of aromatic hydroxyl groups is 1. The third-order valence-corrected chi connectivity index (χ3v) is 8.52. The normalized spacial score (nSPS) is 12.2. The number of halogens is 1. The predicted molar refractivity (Wildman–Crippen MR) is 168 cm³/mol. The number of nitrogens with zero attached hydrogens (tertiary/aromatic N) is 5. The molecule has 3 aromatic heterocycles. The molecule has 45 heavy (non-hydrogen) atoms. The summed E-state index contributed by atoms with van der Waals surface area (Å²) in [5.41, 5.74) is 8.48. The second-order valence-corrected chi connectivity index (χ2v) is 12.0. The molecular formula is C31H27FN8O4S. The first-order chi connectivity index (χ1) is 21.5. The SMILES string of the molecule is Cc1ccn2nc([C@H](C)Nc3ncnc(N)c3-c3cc(O)cc(NS(=O)(=O)c4ccc(F)cc4)c3)n(-c3ccccc3)c(=O)c12. The van der Waals surface area contributed by atoms with Crippen molar-refractivity contribution < 1.29 is 17.9 Å². The number of nitrogens with two attached hydrogens (primary N) is 1. The largest absolute Gasteiger partial charge is 0.508 e. The van der Waals surface area contributed by atoms with Crippen molar-refractivity contribution in [2.45, 2.75) is 24.8 Å². The van der Waals surface area contributed by atoms with E-state index in [1.807, 2.05) is 43.3 Å². The molecule has 0 fully saturated rings. The average molecular weight is 627 g/mol. The van der Waals surface area contributed by atoms with Crippen LogP contribution < -0.4 is 21.3 Å². The van der Waals surface area contributed by atoms with E-state index < -0.39 is 21.9 Å². The zero-order valence-electron chi connectivity index (χ0n) is 24.0. The number of hydrogen-bond donors (Lipinski definition) is 4. The van der Waals surface area contributed by atoms with Crippen LogP contribution in [0, 0.1) is 12.7 Å². The third kappa shape index (κ3) is 5.65. The van der Waals surface area contributed by atoms with E-state index in [1.165, 1.54) is 33.6 Å². The number of anilines is 3. The number of hydrogen-bond acceptors (Lipinski definition) is 9. The van der Waals surface area contributed by atoms with E-state index in [9.17, 15) is 22.7 Å². The van der Waals surface area contributed by atoms with Crippen molar-refractivity contribution in [3.05, 3.63) is 119 Å². The second-order valence-electron chi connectivity index (χ2n) is 10.3. The molecule has 3 aromatic carbocycles. The van der Waals surface area contributed by atoms with Crippen LogP contribution in [0.2, 0.25) is 0 Å². The highest BCUT2D eigenvalue weighted by Crippen LogP contribution is 2.36. The molecule has 14 heteroatoms. The van der Waals surface area contributed by atoms with Crippen molar-refractivity contribution in [3.8, 4) is 22.6 Å². The summed E-state index contributed by atoms with van der Waals surface area (Å²) in [5, 5.41) is 18.6. The van der Waals surface area contributed by atoms with Crippen LogP contribution in [-0.4, -0.2) is 37.7 Å². The van der Waals surface area contributed by atoms with Crippen LogP contribution in [0.3, 0.4) is 0 Å². The molecule has 3 heterocycles. The molecule has 228 valence electrons. The minimum atomic E-state index is -4.12. The number of sulfonamides is 1. The third-order valence-electron chi connectivity index (χ3n) is 7.13. The Kier molecular flexibility index (Phi) is 7.42. The van der Waals surface area contributed by atoms with Gasteiger partial charge in [0, 0.05) is 12.3 Å². The van der Waals surface area contributed by atoms with Gasteiger partial charge in [-0.05, 0) is 79.6 Å². The van der Waals surface area contributed by atoms with Gasteiger partial charge in [-0.3, -0.25) is 14.1 Å². The Morgan fingerprint density at radius 2 is 1.73 bits per heavy atom. The minimum Gasteiger partial charge on any atom is -0.508 e. The van der Waals surface area contributed by atoms with Gasteiger partial charge in [0.1, 0.15) is 35.0 Å². The fraction of sp³-hybridized carbons (Fsp3) is 0.0968. The molecule has 0 saturated carbocycles. The van der Waals surface area contributed by atoms with Gasteiger partial charge in [0.15, 0.2) is 5.82 Å². The predicted octanol–water partition coefficient (Wildman–Crippen LogP) is 4.65. The number of nitrogen functional groups attached to an aromatic ring is 1. The molecule has 0 aliphatic heterocycles. The number of aromatic nitrogens is 5. The van der Waals surface area contributed by atoms with Gasteiger partial charge in [-0.1, -0.05) is 18.2 Å². The summed E-state index contributed by atoms with van der Waals surface area (Å²) >= 11 is 0. The Morgan fingerprint density at radius 3 is 2.47 bits per heavy atom. The molecule has 0 unspecified atom stereocenters. The Hall–Kier alpha value is -5.76. The summed E-state index contributed by atoms with van der Waals surface area (Å²) in [5.74, 6) is -0.185. The molecule has 0 bridgehead atoms. The molecule has 0 aliphatic carbocycles. The van der Waals surface area contributed by atoms with Crippen LogP contribution in [0.5, 0.6) is 5.75 Å². The van der Waals surface area contributed by atoms with Gasteiger partial charge in [-0.15, -0.1) is 0 Å². The van der Waals surface area contributed by atoms with Gasteiger partial charge in [-0.2, -0.15) is 5.10 Å². The summed E-state index contributed by atoms with van der Waals surface area (Å²) in [7, 11) is -4.12. The molecule has 1 atom stereocenters. The highest BCUT2D eigenvalue weighted by atomic mass is 32.2. The maximum atomic E-state index is 13.8. The highest BCUT2D eigenvalue weighted by Gasteiger charge is 2.23. The first kappa shape index (κ1) is 29.3. The standard InChI is InChI=1S/C31H27FN8O4S/c1-18-12-13-39-27(18)31(42)40(23-6-4-3-5-7-23)30(37-39)19(2)36-29-26(28(33)34-17-35-29)20-14-22(16-24(41)15-20)38-45(43,44)25-10-8-21(32)9-11-25/h3-17,19,38,41H,1-2H3,(H3,33,34,35,36)/t19-/m0/s1. The molecule has 6 aromatic rings. The van der Waals surface area contributed by atoms with Gasteiger partial charge in [0.2, 0.25) is 0 Å². The molecule has 6 rings (SSSR count). The van der Waals surface area contributed by atoms with Gasteiger partial charge in [-0.25, -0.2) is 27.3 Å². The summed E-state index contributed by atoms with van der Waals surface area (Å²) < 4.78 is 44.8. The first-order valence-corrected chi connectivity index (χ1v) is 15.2. The Morgan fingerprint density at radius 1 is 1.00 bits per heavy atom. The smallest absolute Gasteiger partial charge is 0.282 e. The van der Waals surface area contributed by atoms with E-state index >= 15 is 0 Å². The number of benzene rings is 3. The van der Waals surface area contributed by atoms with Crippen molar-refractivity contribution in [2.24, 2.45) is 0 Å². The van der Waals surface area contributed by atoms with Crippen molar-refractivity contribution in [2.75, 3.05) is 15.8 Å². The number of phenolic OH excluding ortho intramolecular Hbond substituents is 1. The van der Waals surface area contributed by atoms with E-state index in [0.717, 1.165) is 29.8 Å². The van der Waals surface area contributed by atoms with Crippen LogP contribution >= 0.6 is 0 Å². The minimum absolute atomic E-state index is 0.0181. The van der Waals surface area contributed by atoms with E-state index in [4.69, 9.17) is 10.8 Å². The lowest BCUT2D eigenvalue weighted by Gasteiger charge is -2.21. The number of fused-ring (bicyclic) bond motifs is 1. The Balaban J connectivity index is 1.41. The molecule has 0 spiro atoms. The monoisotopic (exact) mass is 626 g/mol. The van der Waals surface area contributed by atoms with Crippen molar-refractivity contribution in [1.29, 1.82) is 0 Å². The van der Waals surface area contributed by atoms with Crippen molar-refractivity contribution in [1.82, 2.24) is 24.1 Å². The fourth-order valence-electron chi connectivity index (χ4n) is 5.04. The summed E-state index contributed by atoms with van der Waals surface area (Å²) in [4.78, 5) is 22.1. The molecular weight excluding hydrogens is 599 g/mol. The molecule has 0 aliphatic rings. The van der Waals surface area contributed by atoms with Gasteiger partial charge in [0.05, 0.1) is 27.9 Å². The first-order valence-electron chi connectivity index (χ1n) is 13.7. The quantitative estimate of drug-likeness (QED) is 0.188. The zero-order chi connectivity index (χ0) is 31.9. The highest BCUT2D eigenvalue weighted by molar-refractivity contribution is 7.92. The average Bonchev–Trinajstić information content (AvgIpc) is 3.38. The molecule has 0 radical (unpaired) electrons. The number of aryl methyl sites for hydroxylation is 1. The van der Waals surface area contributed by atoms with Crippen molar-refractivity contribution >= 4 is 32.9 Å². The maximum Gasteiger partial charge on any atom is 0.282 e. The number of phenols is 1.